The first kappa shape index (κ1) is 10.5. The van der Waals surface area contributed by atoms with Gasteiger partial charge in [0.25, 0.3) is 0 Å². The summed E-state index contributed by atoms with van der Waals surface area (Å²) in [6.45, 7) is 0. The average molecular weight is 182 g/mol. The molecule has 0 N–H and O–H groups in total. The van der Waals surface area contributed by atoms with Gasteiger partial charge in [-0.3, -0.25) is 20.2 Å². The van der Waals surface area contributed by atoms with Crippen molar-refractivity contribution in [3.05, 3.63) is 32.0 Å². The molecule has 0 heterocycles. The molecule has 0 saturated heterocycles. The Hall–Kier alpha value is -2.48. The summed E-state index contributed by atoms with van der Waals surface area (Å²) in [5.41, 5.74) is -1.01. The third-order valence-electron chi connectivity index (χ3n) is 0.986. The first-order valence-electron chi connectivity index (χ1n) is 2.82. The molecule has 0 saturated carbocycles. The predicted octanol–water partition coefficient (Wildman–Crippen LogP) is -0.161. The van der Waals surface area contributed by atoms with E-state index in [9.17, 15) is 20.2 Å². The fourth-order valence-corrected chi connectivity index (χ4v) is 0.434. The molecule has 0 radical (unpaired) electrons. The van der Waals surface area contributed by atoms with Gasteiger partial charge in [0.2, 0.25) is 0 Å². The standard InChI is InChI=1S/C5H2N4O4/c6-2-4(8(10)11)1-5(3-7)9(12)13/h1,4H. The molecule has 66 valence electrons. The number of nitriles is 2. The molecular formula is C5H2N4O4. The number of hydrogen-bond acceptors (Lipinski definition) is 6. The topological polar surface area (TPSA) is 134 Å². The third kappa shape index (κ3) is 2.95. The van der Waals surface area contributed by atoms with Gasteiger partial charge in [-0.15, -0.1) is 0 Å². The van der Waals surface area contributed by atoms with Crippen LogP contribution in [0.25, 0.3) is 0 Å². The molecule has 1 atom stereocenters. The molecule has 0 fully saturated rings. The summed E-state index contributed by atoms with van der Waals surface area (Å²) in [5, 5.41) is 36.3. The van der Waals surface area contributed by atoms with E-state index in [2.05, 4.69) is 0 Å². The van der Waals surface area contributed by atoms with Gasteiger partial charge in [-0.25, -0.2) is 0 Å². The largest absolute Gasteiger partial charge is 0.349 e. The highest BCUT2D eigenvalue weighted by Gasteiger charge is 2.22. The van der Waals surface area contributed by atoms with Crippen LogP contribution in [0.4, 0.5) is 0 Å². The average Bonchev–Trinajstić information content (AvgIpc) is 2.05. The minimum Gasteiger partial charge on any atom is -0.263 e. The molecule has 0 amide bonds. The van der Waals surface area contributed by atoms with Crippen LogP contribution >= 0.6 is 0 Å². The van der Waals surface area contributed by atoms with Crippen LogP contribution in [-0.4, -0.2) is 15.9 Å². The molecule has 0 rings (SSSR count). The summed E-state index contributed by atoms with van der Waals surface area (Å²) < 4.78 is 0. The molecule has 1 unspecified atom stereocenters. The van der Waals surface area contributed by atoms with E-state index in [0.717, 1.165) is 6.07 Å². The smallest absolute Gasteiger partial charge is 0.263 e. The van der Waals surface area contributed by atoms with Crippen molar-refractivity contribution in [1.82, 2.24) is 0 Å². The van der Waals surface area contributed by atoms with E-state index in [0.29, 0.717) is 6.08 Å². The molecular weight excluding hydrogens is 180 g/mol. The zero-order chi connectivity index (χ0) is 10.4. The molecule has 13 heavy (non-hydrogen) atoms. The van der Waals surface area contributed by atoms with E-state index in [1.54, 1.807) is 0 Å². The Morgan fingerprint density at radius 2 is 1.92 bits per heavy atom. The van der Waals surface area contributed by atoms with Gasteiger partial charge in [0.15, 0.2) is 6.07 Å². The van der Waals surface area contributed by atoms with Crippen LogP contribution in [0, 0.1) is 42.9 Å². The highest BCUT2D eigenvalue weighted by atomic mass is 16.6. The normalized spacial score (nSPS) is 12.3. The number of allylic oxidation sites excluding steroid dienone is 1. The summed E-state index contributed by atoms with van der Waals surface area (Å²) >= 11 is 0. The van der Waals surface area contributed by atoms with E-state index in [4.69, 9.17) is 10.5 Å². The van der Waals surface area contributed by atoms with Gasteiger partial charge in [-0.1, -0.05) is 0 Å². The zero-order valence-electron chi connectivity index (χ0n) is 6.08. The second-order valence-electron chi connectivity index (χ2n) is 1.78. The van der Waals surface area contributed by atoms with E-state index < -0.39 is 21.6 Å². The summed E-state index contributed by atoms with van der Waals surface area (Å²) in [4.78, 5) is 17.9. The van der Waals surface area contributed by atoms with Gasteiger partial charge >= 0.3 is 11.7 Å². The second kappa shape index (κ2) is 4.41. The Kier molecular flexibility index (Phi) is 3.57. The summed E-state index contributed by atoms with van der Waals surface area (Å²) in [7, 11) is 0. The van der Waals surface area contributed by atoms with Crippen LogP contribution < -0.4 is 0 Å². The van der Waals surface area contributed by atoms with Crippen molar-refractivity contribution in [3.8, 4) is 12.1 Å². The number of nitro groups is 2. The minimum absolute atomic E-state index is 0.389. The van der Waals surface area contributed by atoms with Gasteiger partial charge in [-0.05, 0) is 0 Å². The molecule has 0 aliphatic carbocycles. The SMILES string of the molecule is N#CC(=CC(C#N)[N+](=O)[O-])[N+](=O)[O-]. The Morgan fingerprint density at radius 1 is 1.38 bits per heavy atom. The molecule has 0 bridgehead atoms. The van der Waals surface area contributed by atoms with Crippen molar-refractivity contribution in [3.63, 3.8) is 0 Å². The molecule has 0 aromatic carbocycles. The van der Waals surface area contributed by atoms with Crippen molar-refractivity contribution in [2.75, 3.05) is 0 Å². The van der Waals surface area contributed by atoms with Crippen LogP contribution in [0.2, 0.25) is 0 Å². The highest BCUT2D eigenvalue weighted by Crippen LogP contribution is 1.98. The van der Waals surface area contributed by atoms with Crippen LogP contribution in [0.5, 0.6) is 0 Å². The van der Waals surface area contributed by atoms with Crippen LogP contribution in [0.3, 0.4) is 0 Å². The van der Waals surface area contributed by atoms with Crippen LogP contribution in [-0.2, 0) is 0 Å². The zero-order valence-corrected chi connectivity index (χ0v) is 6.08. The lowest BCUT2D eigenvalue weighted by molar-refractivity contribution is -0.496. The highest BCUT2D eigenvalue weighted by molar-refractivity contribution is 5.17. The Labute approximate surface area is 71.6 Å². The van der Waals surface area contributed by atoms with Gasteiger partial charge < -0.3 is 0 Å². The van der Waals surface area contributed by atoms with E-state index >= 15 is 0 Å². The van der Waals surface area contributed by atoms with Gasteiger partial charge in [0.1, 0.15) is 6.07 Å². The molecule has 0 aromatic heterocycles. The van der Waals surface area contributed by atoms with Crippen LogP contribution in [0.15, 0.2) is 11.8 Å². The number of hydrogen-bond donors (Lipinski definition) is 0. The number of rotatable bonds is 3. The maximum atomic E-state index is 10.0. The van der Waals surface area contributed by atoms with Crippen molar-refractivity contribution in [1.29, 1.82) is 10.5 Å². The Morgan fingerprint density at radius 3 is 2.15 bits per heavy atom. The van der Waals surface area contributed by atoms with Gasteiger partial charge in [-0.2, -0.15) is 10.5 Å². The van der Waals surface area contributed by atoms with Crippen molar-refractivity contribution in [2.45, 2.75) is 6.04 Å². The Bertz CT molecular complexity index is 347. The van der Waals surface area contributed by atoms with Gasteiger partial charge in [0, 0.05) is 4.92 Å². The Balaban J connectivity index is 4.92. The monoisotopic (exact) mass is 182 g/mol. The van der Waals surface area contributed by atoms with Crippen molar-refractivity contribution in [2.24, 2.45) is 0 Å². The maximum absolute atomic E-state index is 10.0. The minimum atomic E-state index is -1.86. The lowest BCUT2D eigenvalue weighted by Crippen LogP contribution is -2.15. The summed E-state index contributed by atoms with van der Waals surface area (Å²) in [6.07, 6.45) is 0.389. The predicted molar refractivity (Wildman–Crippen MR) is 37.1 cm³/mol. The first-order chi connectivity index (χ1) is 6.02. The van der Waals surface area contributed by atoms with E-state index in [-0.39, 0.29) is 0 Å². The molecule has 0 aliphatic rings. The summed E-state index contributed by atoms with van der Waals surface area (Å²) in [6, 6.07) is 0.457. The quantitative estimate of drug-likeness (QED) is 0.338. The van der Waals surface area contributed by atoms with Crippen LogP contribution in [0.1, 0.15) is 0 Å². The third-order valence-corrected chi connectivity index (χ3v) is 0.986. The molecule has 0 aromatic rings. The lowest BCUT2D eigenvalue weighted by Gasteiger charge is -1.91. The first-order valence-corrected chi connectivity index (χ1v) is 2.82. The van der Waals surface area contributed by atoms with E-state index in [1.165, 1.54) is 6.07 Å². The van der Waals surface area contributed by atoms with Crippen molar-refractivity contribution < 1.29 is 9.85 Å². The number of nitrogens with zero attached hydrogens (tertiary/aromatic N) is 4. The fourth-order valence-electron chi connectivity index (χ4n) is 0.434. The van der Waals surface area contributed by atoms with Gasteiger partial charge in [0.05, 0.1) is 11.0 Å². The maximum Gasteiger partial charge on any atom is 0.349 e. The molecule has 8 nitrogen and oxygen atoms in total. The lowest BCUT2D eigenvalue weighted by atomic mass is 10.3. The van der Waals surface area contributed by atoms with E-state index in [1.807, 2.05) is 0 Å². The molecule has 0 spiro atoms. The fraction of sp³-hybridized carbons (Fsp3) is 0.200. The molecule has 8 heteroatoms. The molecule has 0 aliphatic heterocycles. The second-order valence-corrected chi connectivity index (χ2v) is 1.78. The van der Waals surface area contributed by atoms with Crippen molar-refractivity contribution >= 4 is 0 Å². The summed E-state index contributed by atoms with van der Waals surface area (Å²) in [5.74, 6) is 0.